The largest absolute Gasteiger partial charge is 0.459 e. The van der Waals surface area contributed by atoms with Gasteiger partial charge in [0.1, 0.15) is 0 Å². The maximum atomic E-state index is 5.21. The maximum Gasteiger partial charge on any atom is 0.334 e. The molecule has 0 amide bonds. The third kappa shape index (κ3) is 6.75. The Morgan fingerprint density at radius 1 is 0.667 bits per heavy atom. The summed E-state index contributed by atoms with van der Waals surface area (Å²) in [4.78, 5) is 0. The zero-order valence-electron chi connectivity index (χ0n) is 9.96. The summed E-state index contributed by atoms with van der Waals surface area (Å²) in [6.45, 7) is 9.59. The van der Waals surface area contributed by atoms with Gasteiger partial charge >= 0.3 is 11.9 Å². The van der Waals surface area contributed by atoms with E-state index in [0.717, 1.165) is 0 Å². The second-order valence-corrected chi connectivity index (χ2v) is 2.43. The van der Waals surface area contributed by atoms with Crippen molar-refractivity contribution >= 4 is 0 Å². The van der Waals surface area contributed by atoms with E-state index in [1.165, 1.54) is 0 Å². The van der Waals surface area contributed by atoms with Gasteiger partial charge < -0.3 is 18.9 Å². The van der Waals surface area contributed by atoms with Crippen molar-refractivity contribution < 1.29 is 18.9 Å². The summed E-state index contributed by atoms with van der Waals surface area (Å²) in [7, 11) is 0. The molecule has 0 aliphatic carbocycles. The van der Waals surface area contributed by atoms with Gasteiger partial charge in [-0.05, 0) is 27.7 Å². The predicted octanol–water partition coefficient (Wildman–Crippen LogP) is 2.41. The highest BCUT2D eigenvalue weighted by molar-refractivity contribution is 4.88. The summed E-state index contributed by atoms with van der Waals surface area (Å²) in [5.74, 6) is 0.605. The van der Waals surface area contributed by atoms with Crippen molar-refractivity contribution in [3.63, 3.8) is 0 Å². The molecule has 0 N–H and O–H groups in total. The van der Waals surface area contributed by atoms with Gasteiger partial charge in [0, 0.05) is 0 Å². The molecule has 0 bridgehead atoms. The summed E-state index contributed by atoms with van der Waals surface area (Å²) in [5, 5.41) is 0. The first-order chi connectivity index (χ1) is 7.28. The number of ether oxygens (including phenoxy) is 4. The fraction of sp³-hybridized carbons (Fsp3) is 0.727. The number of hydrogen-bond donors (Lipinski definition) is 0. The zero-order chi connectivity index (χ0) is 11.5. The highest BCUT2D eigenvalue weighted by atomic mass is 16.7. The van der Waals surface area contributed by atoms with Crippen LogP contribution in [0.3, 0.4) is 0 Å². The first kappa shape index (κ1) is 13.7. The minimum Gasteiger partial charge on any atom is -0.459 e. The normalized spacial score (nSPS) is 8.80. The summed E-state index contributed by atoms with van der Waals surface area (Å²) >= 11 is 0. The first-order valence-corrected chi connectivity index (χ1v) is 5.30. The second-order valence-electron chi connectivity index (χ2n) is 2.43. The molecular weight excluding hydrogens is 196 g/mol. The molecule has 0 aromatic carbocycles. The van der Waals surface area contributed by atoms with Gasteiger partial charge in [-0.1, -0.05) is 0 Å². The molecule has 4 nitrogen and oxygen atoms in total. The quantitative estimate of drug-likeness (QED) is 0.461. The standard InChI is InChI=1S/C11H20O4/c1-5-12-10(13-6-2)9-11(14-7-3)15-8-4/h5-8H2,1-4H3. The van der Waals surface area contributed by atoms with Crippen molar-refractivity contribution in [3.8, 4) is 0 Å². The Morgan fingerprint density at radius 3 is 1.13 bits per heavy atom. The smallest absolute Gasteiger partial charge is 0.334 e. The molecule has 0 saturated carbocycles. The molecular formula is C11H20O4. The fourth-order valence-corrected chi connectivity index (χ4v) is 0.835. The van der Waals surface area contributed by atoms with Crippen LogP contribution in [0.15, 0.2) is 17.6 Å². The van der Waals surface area contributed by atoms with E-state index in [1.807, 2.05) is 27.7 Å². The predicted molar refractivity (Wildman–Crippen MR) is 57.0 cm³/mol. The van der Waals surface area contributed by atoms with E-state index in [9.17, 15) is 0 Å². The van der Waals surface area contributed by atoms with Crippen LogP contribution in [-0.2, 0) is 18.9 Å². The second kappa shape index (κ2) is 9.28. The third-order valence-corrected chi connectivity index (χ3v) is 1.31. The minimum atomic E-state index is 0.303. The Balaban J connectivity index is 4.66. The zero-order valence-corrected chi connectivity index (χ0v) is 9.96. The molecule has 0 rings (SSSR count). The van der Waals surface area contributed by atoms with Gasteiger partial charge in [-0.2, -0.15) is 0 Å². The topological polar surface area (TPSA) is 36.9 Å². The molecule has 0 radical (unpaired) electrons. The molecule has 88 valence electrons. The van der Waals surface area contributed by atoms with Gasteiger partial charge in [0.25, 0.3) is 0 Å². The Hall–Kier alpha value is -1.28. The first-order valence-electron chi connectivity index (χ1n) is 5.30. The van der Waals surface area contributed by atoms with Crippen LogP contribution in [0, 0.1) is 0 Å². The molecule has 0 spiro atoms. The van der Waals surface area contributed by atoms with Gasteiger partial charge in [0.2, 0.25) is 0 Å². The van der Waals surface area contributed by atoms with Crippen LogP contribution in [0.4, 0.5) is 0 Å². The summed E-state index contributed by atoms with van der Waals surface area (Å²) in [5.41, 5.74) is 2.80. The van der Waals surface area contributed by atoms with Crippen molar-refractivity contribution in [1.29, 1.82) is 0 Å². The molecule has 0 heterocycles. The lowest BCUT2D eigenvalue weighted by Gasteiger charge is -2.08. The van der Waals surface area contributed by atoms with Crippen LogP contribution in [-0.4, -0.2) is 26.4 Å². The van der Waals surface area contributed by atoms with E-state index >= 15 is 0 Å². The SMILES string of the molecule is CCOC(=C=C(OCC)OCC)OCC. The van der Waals surface area contributed by atoms with Crippen LogP contribution in [0.2, 0.25) is 0 Å². The van der Waals surface area contributed by atoms with E-state index in [1.54, 1.807) is 0 Å². The molecule has 0 fully saturated rings. The lowest BCUT2D eigenvalue weighted by Crippen LogP contribution is -2.00. The van der Waals surface area contributed by atoms with Gasteiger partial charge in [-0.15, -0.1) is 0 Å². The molecule has 15 heavy (non-hydrogen) atoms. The molecule has 0 atom stereocenters. The van der Waals surface area contributed by atoms with Crippen LogP contribution < -0.4 is 0 Å². The third-order valence-electron chi connectivity index (χ3n) is 1.31. The van der Waals surface area contributed by atoms with Gasteiger partial charge in [-0.25, -0.2) is 0 Å². The lowest BCUT2D eigenvalue weighted by molar-refractivity contribution is 0.0299. The Kier molecular flexibility index (Phi) is 8.49. The molecule has 4 heteroatoms. The van der Waals surface area contributed by atoms with Crippen molar-refractivity contribution in [3.05, 3.63) is 17.6 Å². The summed E-state index contributed by atoms with van der Waals surface area (Å²) < 4.78 is 20.8. The monoisotopic (exact) mass is 216 g/mol. The van der Waals surface area contributed by atoms with Crippen LogP contribution in [0.25, 0.3) is 0 Å². The van der Waals surface area contributed by atoms with Crippen molar-refractivity contribution in [1.82, 2.24) is 0 Å². The van der Waals surface area contributed by atoms with Crippen LogP contribution in [0.5, 0.6) is 0 Å². The molecule has 0 aliphatic rings. The van der Waals surface area contributed by atoms with Gasteiger partial charge in [0.15, 0.2) is 0 Å². The van der Waals surface area contributed by atoms with Crippen LogP contribution in [0.1, 0.15) is 27.7 Å². The molecule has 0 unspecified atom stereocenters. The van der Waals surface area contributed by atoms with Crippen LogP contribution >= 0.6 is 0 Å². The van der Waals surface area contributed by atoms with E-state index in [-0.39, 0.29) is 0 Å². The number of rotatable bonds is 8. The highest BCUT2D eigenvalue weighted by Gasteiger charge is 2.00. The Labute approximate surface area is 91.5 Å². The average molecular weight is 216 g/mol. The van der Waals surface area contributed by atoms with E-state index in [2.05, 4.69) is 5.73 Å². The molecule has 0 aromatic rings. The molecule has 0 aliphatic heterocycles. The highest BCUT2D eigenvalue weighted by Crippen LogP contribution is 2.03. The summed E-state index contributed by atoms with van der Waals surface area (Å²) in [6.07, 6.45) is 0. The van der Waals surface area contributed by atoms with E-state index in [4.69, 9.17) is 18.9 Å². The molecule has 0 aromatic heterocycles. The summed E-state index contributed by atoms with van der Waals surface area (Å²) in [6, 6.07) is 0. The van der Waals surface area contributed by atoms with E-state index in [0.29, 0.717) is 38.3 Å². The van der Waals surface area contributed by atoms with Crippen molar-refractivity contribution in [2.75, 3.05) is 26.4 Å². The van der Waals surface area contributed by atoms with E-state index < -0.39 is 0 Å². The Morgan fingerprint density at radius 2 is 0.933 bits per heavy atom. The number of hydrogen-bond acceptors (Lipinski definition) is 4. The van der Waals surface area contributed by atoms with Crippen molar-refractivity contribution in [2.24, 2.45) is 0 Å². The minimum absolute atomic E-state index is 0.303. The van der Waals surface area contributed by atoms with Crippen molar-refractivity contribution in [2.45, 2.75) is 27.7 Å². The lowest BCUT2D eigenvalue weighted by atomic mass is 10.7. The Bertz CT molecular complexity index is 181. The van der Waals surface area contributed by atoms with Gasteiger partial charge in [-0.3, -0.25) is 0 Å². The van der Waals surface area contributed by atoms with Gasteiger partial charge in [0.05, 0.1) is 32.2 Å². The molecule has 0 saturated heterocycles. The maximum absolute atomic E-state index is 5.21. The average Bonchev–Trinajstić information content (AvgIpc) is 2.19. The fourth-order valence-electron chi connectivity index (χ4n) is 0.835.